The third-order valence-electron chi connectivity index (χ3n) is 3.57. The van der Waals surface area contributed by atoms with Crippen LogP contribution < -0.4 is 0 Å². The third kappa shape index (κ3) is 1.65. The first-order chi connectivity index (χ1) is 9.42. The predicted octanol–water partition coefficient (Wildman–Crippen LogP) is 4.50. The molecule has 0 atom stereocenters. The van der Waals surface area contributed by atoms with Gasteiger partial charge in [0.05, 0.1) is 11.8 Å². The monoisotopic (exact) mass is 247 g/mol. The summed E-state index contributed by atoms with van der Waals surface area (Å²) in [5, 5.41) is 2.55. The highest BCUT2D eigenvalue weighted by Crippen LogP contribution is 2.28. The molecule has 0 aliphatic heterocycles. The number of rotatable bonds is 2. The van der Waals surface area contributed by atoms with Crippen LogP contribution >= 0.6 is 0 Å². The molecule has 19 heavy (non-hydrogen) atoms. The second kappa shape index (κ2) is 4.02. The summed E-state index contributed by atoms with van der Waals surface area (Å²) in [7, 11) is 0. The van der Waals surface area contributed by atoms with Gasteiger partial charge < -0.3 is 9.40 Å². The first-order valence-corrected chi connectivity index (χ1v) is 6.42. The van der Waals surface area contributed by atoms with Gasteiger partial charge in [0, 0.05) is 22.7 Å². The van der Waals surface area contributed by atoms with E-state index in [4.69, 9.17) is 4.42 Å². The highest BCUT2D eigenvalue weighted by molar-refractivity contribution is 6.08. The number of benzene rings is 2. The lowest BCUT2D eigenvalue weighted by atomic mass is 10.1. The highest BCUT2D eigenvalue weighted by atomic mass is 16.3. The number of fused-ring (bicyclic) bond motifs is 3. The summed E-state index contributed by atoms with van der Waals surface area (Å²) in [6, 6.07) is 18.8. The molecule has 0 aliphatic rings. The average molecular weight is 247 g/mol. The molecule has 0 saturated carbocycles. The normalized spacial score (nSPS) is 11.4. The number of nitrogens with one attached hydrogen (secondary N) is 1. The summed E-state index contributed by atoms with van der Waals surface area (Å²) in [5.74, 6) is 0.992. The van der Waals surface area contributed by atoms with Gasteiger partial charge in [-0.2, -0.15) is 0 Å². The second-order valence-electron chi connectivity index (χ2n) is 4.77. The number of aromatic nitrogens is 1. The zero-order valence-corrected chi connectivity index (χ0v) is 10.4. The number of furan rings is 1. The van der Waals surface area contributed by atoms with Crippen LogP contribution in [0.5, 0.6) is 0 Å². The van der Waals surface area contributed by atoms with E-state index in [9.17, 15) is 0 Å². The largest absolute Gasteiger partial charge is 0.469 e. The van der Waals surface area contributed by atoms with Gasteiger partial charge in [0.1, 0.15) is 5.76 Å². The van der Waals surface area contributed by atoms with Crippen molar-refractivity contribution in [2.24, 2.45) is 0 Å². The minimum absolute atomic E-state index is 0.817. The zero-order chi connectivity index (χ0) is 12.7. The summed E-state index contributed by atoms with van der Waals surface area (Å²) < 4.78 is 5.45. The molecule has 0 spiro atoms. The molecule has 2 nitrogen and oxygen atoms in total. The topological polar surface area (TPSA) is 28.9 Å². The van der Waals surface area contributed by atoms with Crippen LogP contribution in [0.15, 0.2) is 65.3 Å². The van der Waals surface area contributed by atoms with Crippen molar-refractivity contribution in [3.05, 3.63) is 72.2 Å². The lowest BCUT2D eigenvalue weighted by Gasteiger charge is -2.00. The van der Waals surface area contributed by atoms with Gasteiger partial charge in [-0.3, -0.25) is 0 Å². The molecule has 92 valence electrons. The van der Waals surface area contributed by atoms with Crippen molar-refractivity contribution in [1.29, 1.82) is 0 Å². The summed E-state index contributed by atoms with van der Waals surface area (Å²) in [6.45, 7) is 0. The summed E-state index contributed by atoms with van der Waals surface area (Å²) in [5.41, 5.74) is 3.66. The van der Waals surface area contributed by atoms with Crippen molar-refractivity contribution in [2.45, 2.75) is 6.42 Å². The van der Waals surface area contributed by atoms with Gasteiger partial charge in [-0.25, -0.2) is 0 Å². The fraction of sp³-hybridized carbons (Fsp3) is 0.0588. The van der Waals surface area contributed by atoms with E-state index in [0.29, 0.717) is 0 Å². The van der Waals surface area contributed by atoms with E-state index in [2.05, 4.69) is 47.4 Å². The molecule has 4 aromatic rings. The quantitative estimate of drug-likeness (QED) is 0.555. The van der Waals surface area contributed by atoms with Crippen LogP contribution in [0.4, 0.5) is 0 Å². The Balaban J connectivity index is 1.96. The predicted molar refractivity (Wildman–Crippen MR) is 77.3 cm³/mol. The molecule has 0 bridgehead atoms. The van der Waals surface area contributed by atoms with Crippen LogP contribution in [-0.4, -0.2) is 4.98 Å². The molecule has 2 aromatic heterocycles. The van der Waals surface area contributed by atoms with E-state index < -0.39 is 0 Å². The van der Waals surface area contributed by atoms with Gasteiger partial charge in [0.25, 0.3) is 0 Å². The molecule has 4 rings (SSSR count). The van der Waals surface area contributed by atoms with Crippen LogP contribution in [0.3, 0.4) is 0 Å². The lowest BCUT2D eigenvalue weighted by molar-refractivity contribution is 0.521. The maximum absolute atomic E-state index is 5.45. The van der Waals surface area contributed by atoms with Crippen molar-refractivity contribution < 1.29 is 4.42 Å². The van der Waals surface area contributed by atoms with E-state index in [1.54, 1.807) is 6.26 Å². The van der Waals surface area contributed by atoms with Crippen molar-refractivity contribution in [1.82, 2.24) is 4.98 Å². The Labute approximate surface area is 110 Å². The molecule has 0 aliphatic carbocycles. The molecule has 0 fully saturated rings. The summed E-state index contributed by atoms with van der Waals surface area (Å²) in [4.78, 5) is 3.52. The Morgan fingerprint density at radius 2 is 1.74 bits per heavy atom. The Morgan fingerprint density at radius 1 is 0.842 bits per heavy atom. The highest BCUT2D eigenvalue weighted by Gasteiger charge is 2.08. The van der Waals surface area contributed by atoms with E-state index in [-0.39, 0.29) is 0 Å². The molecule has 2 aromatic carbocycles. The Bertz CT molecular complexity index is 840. The maximum Gasteiger partial charge on any atom is 0.108 e. The molecule has 2 heteroatoms. The Hall–Kier alpha value is -2.48. The van der Waals surface area contributed by atoms with Gasteiger partial charge in [-0.1, -0.05) is 36.4 Å². The number of hydrogen-bond acceptors (Lipinski definition) is 1. The van der Waals surface area contributed by atoms with E-state index >= 15 is 0 Å². The minimum Gasteiger partial charge on any atom is -0.469 e. The molecular weight excluding hydrogens is 234 g/mol. The molecular formula is C17H13NO. The molecule has 0 saturated heterocycles. The first kappa shape index (κ1) is 10.4. The smallest absolute Gasteiger partial charge is 0.108 e. The standard InChI is InChI=1S/C17H13NO/c1-2-9-16-14(7-1)15-8-3-5-12(17(15)18-16)11-13-6-4-10-19-13/h1-10,18H,11H2. The number of aromatic amines is 1. The molecule has 1 N–H and O–H groups in total. The van der Waals surface area contributed by atoms with Crippen LogP contribution in [-0.2, 0) is 6.42 Å². The number of para-hydroxylation sites is 2. The molecule has 2 heterocycles. The summed E-state index contributed by atoms with van der Waals surface area (Å²) in [6.07, 6.45) is 2.54. The van der Waals surface area contributed by atoms with Crippen molar-refractivity contribution >= 4 is 21.8 Å². The number of hydrogen-bond donors (Lipinski definition) is 1. The van der Waals surface area contributed by atoms with Crippen molar-refractivity contribution in [2.75, 3.05) is 0 Å². The van der Waals surface area contributed by atoms with Gasteiger partial charge in [-0.05, 0) is 23.8 Å². The molecule has 0 radical (unpaired) electrons. The first-order valence-electron chi connectivity index (χ1n) is 6.42. The van der Waals surface area contributed by atoms with E-state index in [1.165, 1.54) is 27.4 Å². The average Bonchev–Trinajstić information content (AvgIpc) is 3.06. The van der Waals surface area contributed by atoms with Crippen LogP contribution in [0.1, 0.15) is 11.3 Å². The van der Waals surface area contributed by atoms with Gasteiger partial charge in [0.15, 0.2) is 0 Å². The third-order valence-corrected chi connectivity index (χ3v) is 3.57. The van der Waals surface area contributed by atoms with Crippen molar-refractivity contribution in [3.8, 4) is 0 Å². The Morgan fingerprint density at radius 3 is 2.63 bits per heavy atom. The Kier molecular flexibility index (Phi) is 2.21. The van der Waals surface area contributed by atoms with E-state index in [1.807, 2.05) is 12.1 Å². The van der Waals surface area contributed by atoms with Crippen LogP contribution in [0, 0.1) is 0 Å². The van der Waals surface area contributed by atoms with Crippen LogP contribution in [0.2, 0.25) is 0 Å². The van der Waals surface area contributed by atoms with Crippen molar-refractivity contribution in [3.63, 3.8) is 0 Å². The van der Waals surface area contributed by atoms with Gasteiger partial charge in [0.2, 0.25) is 0 Å². The second-order valence-corrected chi connectivity index (χ2v) is 4.77. The van der Waals surface area contributed by atoms with Gasteiger partial charge in [-0.15, -0.1) is 0 Å². The van der Waals surface area contributed by atoms with Crippen LogP contribution in [0.25, 0.3) is 21.8 Å². The van der Waals surface area contributed by atoms with E-state index in [0.717, 1.165) is 12.2 Å². The number of H-pyrrole nitrogens is 1. The SMILES string of the molecule is c1coc(Cc2cccc3c2[nH]c2ccccc23)c1. The maximum atomic E-state index is 5.45. The summed E-state index contributed by atoms with van der Waals surface area (Å²) >= 11 is 0. The fourth-order valence-corrected chi connectivity index (χ4v) is 2.68. The zero-order valence-electron chi connectivity index (χ0n) is 10.4. The molecule has 0 amide bonds. The lowest BCUT2D eigenvalue weighted by Crippen LogP contribution is -1.87. The minimum atomic E-state index is 0.817. The fourth-order valence-electron chi connectivity index (χ4n) is 2.68. The van der Waals surface area contributed by atoms with Gasteiger partial charge >= 0.3 is 0 Å². The molecule has 0 unspecified atom stereocenters.